The Bertz CT molecular complexity index is 361. The number of halogens is 2. The average molecular weight is 287 g/mol. The summed E-state index contributed by atoms with van der Waals surface area (Å²) in [7, 11) is 0. The monoisotopic (exact) mass is 286 g/mol. The number of ether oxygens (including phenoxy) is 1. The van der Waals surface area contributed by atoms with Gasteiger partial charge in [0.25, 0.3) is 0 Å². The lowest BCUT2D eigenvalue weighted by molar-refractivity contribution is 0.0662. The molecule has 1 heterocycles. The SMILES string of the molecule is Cc1cc(C(Br)C2CCOCC2)ccc1F. The zero-order chi connectivity index (χ0) is 11.5. The maximum absolute atomic E-state index is 13.2. The minimum Gasteiger partial charge on any atom is -0.381 e. The molecule has 1 unspecified atom stereocenters. The summed E-state index contributed by atoms with van der Waals surface area (Å²) in [5.74, 6) is 0.467. The molecule has 1 atom stereocenters. The third-order valence-electron chi connectivity index (χ3n) is 3.18. The van der Waals surface area contributed by atoms with Crippen molar-refractivity contribution in [3.8, 4) is 0 Å². The van der Waals surface area contributed by atoms with Gasteiger partial charge in [-0.2, -0.15) is 0 Å². The van der Waals surface area contributed by atoms with E-state index < -0.39 is 0 Å². The third kappa shape index (κ3) is 2.64. The first-order valence-corrected chi connectivity index (χ1v) is 6.58. The number of rotatable bonds is 2. The van der Waals surface area contributed by atoms with E-state index in [9.17, 15) is 4.39 Å². The van der Waals surface area contributed by atoms with Gasteiger partial charge in [-0.1, -0.05) is 28.1 Å². The highest BCUT2D eigenvalue weighted by Gasteiger charge is 2.23. The molecular formula is C13H16BrFO. The Morgan fingerprint density at radius 3 is 2.69 bits per heavy atom. The molecule has 3 heteroatoms. The summed E-state index contributed by atoms with van der Waals surface area (Å²) < 4.78 is 18.5. The molecule has 1 saturated heterocycles. The lowest BCUT2D eigenvalue weighted by Gasteiger charge is -2.27. The number of benzene rings is 1. The van der Waals surface area contributed by atoms with Crippen LogP contribution in [0.2, 0.25) is 0 Å². The Hall–Kier alpha value is -0.410. The van der Waals surface area contributed by atoms with E-state index in [1.54, 1.807) is 6.07 Å². The highest BCUT2D eigenvalue weighted by atomic mass is 79.9. The van der Waals surface area contributed by atoms with Crippen LogP contribution in [-0.2, 0) is 4.74 Å². The van der Waals surface area contributed by atoms with E-state index in [-0.39, 0.29) is 5.82 Å². The molecule has 0 amide bonds. The normalized spacial score (nSPS) is 19.7. The van der Waals surface area contributed by atoms with Gasteiger partial charge in [0.05, 0.1) is 0 Å². The van der Waals surface area contributed by atoms with Crippen molar-refractivity contribution in [2.24, 2.45) is 5.92 Å². The Kier molecular flexibility index (Phi) is 3.98. The van der Waals surface area contributed by atoms with E-state index in [2.05, 4.69) is 15.9 Å². The standard InChI is InChI=1S/C13H16BrFO/c1-9-8-11(2-3-12(9)15)13(14)10-4-6-16-7-5-10/h2-3,8,10,13H,4-7H2,1H3. The molecule has 2 rings (SSSR count). The van der Waals surface area contributed by atoms with E-state index in [1.807, 2.05) is 19.1 Å². The molecule has 1 aromatic carbocycles. The molecule has 0 spiro atoms. The summed E-state index contributed by atoms with van der Waals surface area (Å²) in [6.07, 6.45) is 2.15. The quantitative estimate of drug-likeness (QED) is 0.747. The van der Waals surface area contributed by atoms with Crippen molar-refractivity contribution < 1.29 is 9.13 Å². The van der Waals surface area contributed by atoms with Crippen LogP contribution in [0.25, 0.3) is 0 Å². The van der Waals surface area contributed by atoms with Gasteiger partial charge in [-0.25, -0.2) is 4.39 Å². The van der Waals surface area contributed by atoms with Gasteiger partial charge in [-0.15, -0.1) is 0 Å². The van der Waals surface area contributed by atoms with E-state index in [0.717, 1.165) is 26.1 Å². The van der Waals surface area contributed by atoms with Crippen molar-refractivity contribution in [2.45, 2.75) is 24.6 Å². The molecule has 1 nitrogen and oxygen atoms in total. The summed E-state index contributed by atoms with van der Waals surface area (Å²) in [6.45, 7) is 3.49. The Labute approximate surface area is 104 Å². The van der Waals surface area contributed by atoms with Crippen LogP contribution in [0.1, 0.15) is 28.8 Å². The number of hydrogen-bond acceptors (Lipinski definition) is 1. The Balaban J connectivity index is 2.12. The van der Waals surface area contributed by atoms with Crippen LogP contribution >= 0.6 is 15.9 Å². The second-order valence-electron chi connectivity index (χ2n) is 4.36. The zero-order valence-electron chi connectivity index (χ0n) is 9.38. The van der Waals surface area contributed by atoms with Gasteiger partial charge in [-0.05, 0) is 42.9 Å². The first kappa shape index (κ1) is 12.1. The third-order valence-corrected chi connectivity index (χ3v) is 4.46. The zero-order valence-corrected chi connectivity index (χ0v) is 11.0. The Morgan fingerprint density at radius 2 is 2.06 bits per heavy atom. The molecule has 0 radical (unpaired) electrons. The predicted octanol–water partition coefficient (Wildman–Crippen LogP) is 4.00. The lowest BCUT2D eigenvalue weighted by atomic mass is 9.91. The minimum absolute atomic E-state index is 0.129. The topological polar surface area (TPSA) is 9.23 Å². The number of aryl methyl sites for hydroxylation is 1. The second-order valence-corrected chi connectivity index (χ2v) is 5.35. The molecule has 1 aliphatic rings. The molecule has 0 saturated carbocycles. The number of hydrogen-bond donors (Lipinski definition) is 0. The molecule has 0 aliphatic carbocycles. The summed E-state index contributed by atoms with van der Waals surface area (Å²) in [5.41, 5.74) is 1.89. The van der Waals surface area contributed by atoms with Crippen molar-refractivity contribution in [1.29, 1.82) is 0 Å². The molecule has 88 valence electrons. The summed E-state index contributed by atoms with van der Waals surface area (Å²) in [4.78, 5) is 0.315. The molecule has 1 aromatic rings. The lowest BCUT2D eigenvalue weighted by Crippen LogP contribution is -2.19. The summed E-state index contributed by atoms with van der Waals surface area (Å²) >= 11 is 3.73. The Morgan fingerprint density at radius 1 is 1.38 bits per heavy atom. The van der Waals surface area contributed by atoms with Crippen LogP contribution in [0.15, 0.2) is 18.2 Å². The van der Waals surface area contributed by atoms with Crippen LogP contribution in [0.3, 0.4) is 0 Å². The van der Waals surface area contributed by atoms with Gasteiger partial charge in [0.1, 0.15) is 5.82 Å². The molecule has 16 heavy (non-hydrogen) atoms. The van der Waals surface area contributed by atoms with Crippen molar-refractivity contribution in [1.82, 2.24) is 0 Å². The van der Waals surface area contributed by atoms with Crippen LogP contribution in [0, 0.1) is 18.7 Å². The largest absolute Gasteiger partial charge is 0.381 e. The van der Waals surface area contributed by atoms with Crippen LogP contribution in [-0.4, -0.2) is 13.2 Å². The highest BCUT2D eigenvalue weighted by Crippen LogP contribution is 2.37. The fourth-order valence-corrected chi connectivity index (χ4v) is 2.93. The van der Waals surface area contributed by atoms with Gasteiger partial charge < -0.3 is 4.74 Å². The van der Waals surface area contributed by atoms with Gasteiger partial charge in [0.15, 0.2) is 0 Å². The first-order valence-electron chi connectivity index (χ1n) is 5.66. The average Bonchev–Trinajstić information content (AvgIpc) is 2.33. The second kappa shape index (κ2) is 5.28. The van der Waals surface area contributed by atoms with Gasteiger partial charge in [0, 0.05) is 18.0 Å². The molecular weight excluding hydrogens is 271 g/mol. The highest BCUT2D eigenvalue weighted by molar-refractivity contribution is 9.09. The fraction of sp³-hybridized carbons (Fsp3) is 0.538. The predicted molar refractivity (Wildman–Crippen MR) is 66.3 cm³/mol. The van der Waals surface area contributed by atoms with Crippen LogP contribution in [0.5, 0.6) is 0 Å². The van der Waals surface area contributed by atoms with Crippen LogP contribution < -0.4 is 0 Å². The molecule has 1 fully saturated rings. The van der Waals surface area contributed by atoms with Crippen molar-refractivity contribution in [3.05, 3.63) is 35.1 Å². The molecule has 0 N–H and O–H groups in total. The smallest absolute Gasteiger partial charge is 0.126 e. The van der Waals surface area contributed by atoms with Gasteiger partial charge in [-0.3, -0.25) is 0 Å². The van der Waals surface area contributed by atoms with Crippen molar-refractivity contribution in [3.63, 3.8) is 0 Å². The van der Waals surface area contributed by atoms with Gasteiger partial charge >= 0.3 is 0 Å². The molecule has 0 bridgehead atoms. The number of alkyl halides is 1. The summed E-state index contributed by atoms with van der Waals surface area (Å²) in [5, 5.41) is 0. The summed E-state index contributed by atoms with van der Waals surface area (Å²) in [6, 6.07) is 5.36. The van der Waals surface area contributed by atoms with E-state index in [1.165, 1.54) is 5.56 Å². The first-order chi connectivity index (χ1) is 7.68. The molecule has 0 aromatic heterocycles. The van der Waals surface area contributed by atoms with Crippen molar-refractivity contribution in [2.75, 3.05) is 13.2 Å². The van der Waals surface area contributed by atoms with E-state index >= 15 is 0 Å². The van der Waals surface area contributed by atoms with Gasteiger partial charge in [0.2, 0.25) is 0 Å². The van der Waals surface area contributed by atoms with E-state index in [0.29, 0.717) is 16.3 Å². The molecule has 1 aliphatic heterocycles. The maximum Gasteiger partial charge on any atom is 0.126 e. The maximum atomic E-state index is 13.2. The van der Waals surface area contributed by atoms with E-state index in [4.69, 9.17) is 4.74 Å². The minimum atomic E-state index is -0.129. The van der Waals surface area contributed by atoms with Crippen LogP contribution in [0.4, 0.5) is 4.39 Å². The van der Waals surface area contributed by atoms with Crippen molar-refractivity contribution >= 4 is 15.9 Å². The fourth-order valence-electron chi connectivity index (χ4n) is 2.12.